The van der Waals surface area contributed by atoms with Gasteiger partial charge in [-0.1, -0.05) is 26.0 Å². The number of aromatic hydroxyl groups is 1. The highest BCUT2D eigenvalue weighted by Gasteiger charge is 2.12. The van der Waals surface area contributed by atoms with E-state index in [1.807, 2.05) is 6.07 Å². The number of hydrogen-bond acceptors (Lipinski definition) is 2. The molecular formula is C12H16O2. The minimum absolute atomic E-state index is 0.0953. The molecular weight excluding hydrogens is 176 g/mol. The van der Waals surface area contributed by atoms with Gasteiger partial charge in [0.05, 0.1) is 0 Å². The van der Waals surface area contributed by atoms with Crippen LogP contribution in [0.4, 0.5) is 0 Å². The van der Waals surface area contributed by atoms with Crippen LogP contribution in [0.15, 0.2) is 24.3 Å². The molecule has 1 N–H and O–H groups in total. The highest BCUT2D eigenvalue weighted by atomic mass is 16.3. The van der Waals surface area contributed by atoms with E-state index in [1.54, 1.807) is 18.2 Å². The first kappa shape index (κ1) is 10.8. The molecule has 0 radical (unpaired) electrons. The summed E-state index contributed by atoms with van der Waals surface area (Å²) in [5.74, 6) is 0.604. The Balaban J connectivity index is 2.83. The number of carbonyl (C=O) groups excluding carboxylic acids is 1. The maximum atomic E-state index is 10.9. The molecule has 0 spiro atoms. The quantitative estimate of drug-likeness (QED) is 0.745. The standard InChI is InChI=1S/C12H16O2/c1-9(2)6-11(8-13)10-4-3-5-12(14)7-10/h3-5,7-9,11,14H,6H2,1-2H3. The van der Waals surface area contributed by atoms with E-state index in [2.05, 4.69) is 13.8 Å². The van der Waals surface area contributed by atoms with Crippen LogP contribution in [0.2, 0.25) is 0 Å². The maximum Gasteiger partial charge on any atom is 0.127 e. The number of hydrogen-bond donors (Lipinski definition) is 1. The number of aldehydes is 1. The van der Waals surface area contributed by atoms with Crippen LogP contribution in [0, 0.1) is 5.92 Å². The first-order valence-corrected chi connectivity index (χ1v) is 4.87. The molecule has 14 heavy (non-hydrogen) atoms. The van der Waals surface area contributed by atoms with E-state index < -0.39 is 0 Å². The van der Waals surface area contributed by atoms with Crippen molar-refractivity contribution in [3.8, 4) is 5.75 Å². The molecule has 0 saturated carbocycles. The Bertz CT molecular complexity index is 305. The molecule has 2 nitrogen and oxygen atoms in total. The van der Waals surface area contributed by atoms with Crippen LogP contribution in [0.3, 0.4) is 0 Å². The van der Waals surface area contributed by atoms with Crippen molar-refractivity contribution in [2.75, 3.05) is 0 Å². The Morgan fingerprint density at radius 1 is 1.43 bits per heavy atom. The summed E-state index contributed by atoms with van der Waals surface area (Å²) in [5, 5.41) is 9.28. The number of phenolic OH excluding ortho intramolecular Hbond substituents is 1. The van der Waals surface area contributed by atoms with Crippen LogP contribution in [0.5, 0.6) is 5.75 Å². The van der Waals surface area contributed by atoms with Gasteiger partial charge in [-0.3, -0.25) is 0 Å². The topological polar surface area (TPSA) is 37.3 Å². The average molecular weight is 192 g/mol. The normalized spacial score (nSPS) is 12.8. The molecule has 0 aliphatic rings. The molecule has 0 aromatic heterocycles. The van der Waals surface area contributed by atoms with Crippen LogP contribution in [0.25, 0.3) is 0 Å². The molecule has 1 aromatic rings. The van der Waals surface area contributed by atoms with E-state index in [9.17, 15) is 9.90 Å². The fourth-order valence-electron chi connectivity index (χ4n) is 1.53. The number of rotatable bonds is 4. The second-order valence-corrected chi connectivity index (χ2v) is 3.97. The summed E-state index contributed by atoms with van der Waals surface area (Å²) in [5.41, 5.74) is 0.897. The summed E-state index contributed by atoms with van der Waals surface area (Å²) < 4.78 is 0. The molecule has 1 unspecified atom stereocenters. The first-order valence-electron chi connectivity index (χ1n) is 4.87. The maximum absolute atomic E-state index is 10.9. The van der Waals surface area contributed by atoms with Crippen molar-refractivity contribution >= 4 is 6.29 Å². The zero-order chi connectivity index (χ0) is 10.6. The van der Waals surface area contributed by atoms with Crippen LogP contribution in [-0.4, -0.2) is 11.4 Å². The third kappa shape index (κ3) is 2.87. The average Bonchev–Trinajstić information content (AvgIpc) is 2.14. The molecule has 1 atom stereocenters. The number of phenols is 1. The smallest absolute Gasteiger partial charge is 0.127 e. The third-order valence-electron chi connectivity index (χ3n) is 2.19. The molecule has 0 fully saturated rings. The summed E-state index contributed by atoms with van der Waals surface area (Å²) in [6.07, 6.45) is 1.78. The summed E-state index contributed by atoms with van der Waals surface area (Å²) >= 11 is 0. The second kappa shape index (κ2) is 4.80. The van der Waals surface area contributed by atoms with Crippen molar-refractivity contribution < 1.29 is 9.90 Å². The summed E-state index contributed by atoms with van der Waals surface area (Å²) in [4.78, 5) is 10.9. The molecule has 1 rings (SSSR count). The van der Waals surface area contributed by atoms with Gasteiger partial charge in [0.1, 0.15) is 12.0 Å². The molecule has 2 heteroatoms. The lowest BCUT2D eigenvalue weighted by atomic mass is 9.91. The molecule has 76 valence electrons. The second-order valence-electron chi connectivity index (χ2n) is 3.97. The fraction of sp³-hybridized carbons (Fsp3) is 0.417. The molecule has 0 saturated heterocycles. The Morgan fingerprint density at radius 2 is 2.14 bits per heavy atom. The predicted molar refractivity (Wildman–Crippen MR) is 56.4 cm³/mol. The van der Waals surface area contributed by atoms with E-state index >= 15 is 0 Å². The third-order valence-corrected chi connectivity index (χ3v) is 2.19. The largest absolute Gasteiger partial charge is 0.508 e. The molecule has 0 bridgehead atoms. The zero-order valence-electron chi connectivity index (χ0n) is 8.60. The Kier molecular flexibility index (Phi) is 3.69. The Hall–Kier alpha value is -1.31. The Labute approximate surface area is 84.6 Å². The van der Waals surface area contributed by atoms with E-state index in [0.717, 1.165) is 18.3 Å². The van der Waals surface area contributed by atoms with Gasteiger partial charge >= 0.3 is 0 Å². The van der Waals surface area contributed by atoms with Crippen molar-refractivity contribution in [2.24, 2.45) is 5.92 Å². The zero-order valence-corrected chi connectivity index (χ0v) is 8.60. The van der Waals surface area contributed by atoms with Gasteiger partial charge in [0.25, 0.3) is 0 Å². The summed E-state index contributed by atoms with van der Waals surface area (Å²) in [6, 6.07) is 6.91. The molecule has 0 amide bonds. The minimum atomic E-state index is -0.0953. The lowest BCUT2D eigenvalue weighted by Crippen LogP contribution is -2.04. The lowest BCUT2D eigenvalue weighted by Gasteiger charge is -2.13. The Morgan fingerprint density at radius 3 is 2.64 bits per heavy atom. The van der Waals surface area contributed by atoms with E-state index in [0.29, 0.717) is 5.92 Å². The van der Waals surface area contributed by atoms with E-state index in [-0.39, 0.29) is 11.7 Å². The lowest BCUT2D eigenvalue weighted by molar-refractivity contribution is -0.109. The summed E-state index contributed by atoms with van der Waals surface area (Å²) in [6.45, 7) is 4.17. The first-order chi connectivity index (χ1) is 6.63. The van der Waals surface area contributed by atoms with Crippen LogP contribution in [-0.2, 0) is 4.79 Å². The van der Waals surface area contributed by atoms with Gasteiger partial charge in [0.2, 0.25) is 0 Å². The monoisotopic (exact) mass is 192 g/mol. The number of benzene rings is 1. The van der Waals surface area contributed by atoms with Crippen molar-refractivity contribution in [3.63, 3.8) is 0 Å². The molecule has 0 aliphatic heterocycles. The SMILES string of the molecule is CC(C)CC(C=O)c1cccc(O)c1. The van der Waals surface area contributed by atoms with Gasteiger partial charge in [-0.15, -0.1) is 0 Å². The van der Waals surface area contributed by atoms with Gasteiger partial charge < -0.3 is 9.90 Å². The van der Waals surface area contributed by atoms with Gasteiger partial charge in [0.15, 0.2) is 0 Å². The van der Waals surface area contributed by atoms with Gasteiger partial charge in [-0.2, -0.15) is 0 Å². The molecule has 0 heterocycles. The van der Waals surface area contributed by atoms with Crippen LogP contribution in [0.1, 0.15) is 31.7 Å². The van der Waals surface area contributed by atoms with E-state index in [4.69, 9.17) is 0 Å². The minimum Gasteiger partial charge on any atom is -0.508 e. The molecule has 1 aromatic carbocycles. The van der Waals surface area contributed by atoms with Gasteiger partial charge in [0, 0.05) is 5.92 Å². The van der Waals surface area contributed by atoms with Crippen LogP contribution >= 0.6 is 0 Å². The predicted octanol–water partition coefficient (Wildman–Crippen LogP) is 2.72. The van der Waals surface area contributed by atoms with Gasteiger partial charge in [-0.05, 0) is 30.0 Å². The number of carbonyl (C=O) groups is 1. The van der Waals surface area contributed by atoms with Crippen molar-refractivity contribution in [1.82, 2.24) is 0 Å². The molecule has 0 aliphatic carbocycles. The van der Waals surface area contributed by atoms with Crippen molar-refractivity contribution in [3.05, 3.63) is 29.8 Å². The summed E-state index contributed by atoms with van der Waals surface area (Å²) in [7, 11) is 0. The highest BCUT2D eigenvalue weighted by Crippen LogP contribution is 2.24. The van der Waals surface area contributed by atoms with Crippen molar-refractivity contribution in [2.45, 2.75) is 26.2 Å². The van der Waals surface area contributed by atoms with Crippen molar-refractivity contribution in [1.29, 1.82) is 0 Å². The van der Waals surface area contributed by atoms with Crippen LogP contribution < -0.4 is 0 Å². The highest BCUT2D eigenvalue weighted by molar-refractivity contribution is 5.62. The fourth-order valence-corrected chi connectivity index (χ4v) is 1.53. The van der Waals surface area contributed by atoms with Gasteiger partial charge in [-0.25, -0.2) is 0 Å². The van der Waals surface area contributed by atoms with E-state index in [1.165, 1.54) is 0 Å².